The number of ether oxygens (including phenoxy) is 1. The summed E-state index contributed by atoms with van der Waals surface area (Å²) < 4.78 is 6.19. The average molecular weight is 343 g/mol. The molecule has 24 heavy (non-hydrogen) atoms. The van der Waals surface area contributed by atoms with Gasteiger partial charge in [-0.05, 0) is 37.1 Å². The number of benzene rings is 2. The predicted molar refractivity (Wildman–Crippen MR) is 94.9 cm³/mol. The van der Waals surface area contributed by atoms with Gasteiger partial charge in [0.05, 0.1) is 17.8 Å². The lowest BCUT2D eigenvalue weighted by Crippen LogP contribution is -2.49. The number of carbonyl (C=O) groups excluding carboxylic acids is 1. The fourth-order valence-corrected chi connectivity index (χ4v) is 3.97. The summed E-state index contributed by atoms with van der Waals surface area (Å²) in [6.07, 6.45) is 1.96. The zero-order valence-electron chi connectivity index (χ0n) is 13.5. The lowest BCUT2D eigenvalue weighted by molar-refractivity contribution is -0.119. The molecule has 4 rings (SSSR count). The Labute approximate surface area is 146 Å². The van der Waals surface area contributed by atoms with Crippen LogP contribution in [0.15, 0.2) is 42.5 Å². The summed E-state index contributed by atoms with van der Waals surface area (Å²) >= 11 is 6.24. The van der Waals surface area contributed by atoms with Crippen molar-refractivity contribution in [2.24, 2.45) is 0 Å². The molecule has 1 amide bonds. The summed E-state index contributed by atoms with van der Waals surface area (Å²) in [7, 11) is 0. The molecule has 0 radical (unpaired) electrons. The fraction of sp³-hybridized carbons (Fsp3) is 0.316. The van der Waals surface area contributed by atoms with Gasteiger partial charge in [-0.3, -0.25) is 4.79 Å². The normalized spacial score (nSPS) is 21.7. The van der Waals surface area contributed by atoms with E-state index in [1.807, 2.05) is 36.4 Å². The maximum Gasteiger partial charge on any atom is 0.217 e. The topological polar surface area (TPSA) is 41.6 Å². The molecule has 2 aromatic rings. The first-order chi connectivity index (χ1) is 11.6. The van der Waals surface area contributed by atoms with Gasteiger partial charge in [0.25, 0.3) is 0 Å². The van der Waals surface area contributed by atoms with Crippen LogP contribution in [0.3, 0.4) is 0 Å². The van der Waals surface area contributed by atoms with Crippen LogP contribution < -0.4 is 15.0 Å². The van der Waals surface area contributed by atoms with Crippen molar-refractivity contribution in [2.45, 2.75) is 31.8 Å². The SMILES string of the molecule is CC(=O)N[C@@H]1CCCN2c3cc(Cl)ccc3Oc3ccccc3[C@@H]12. The zero-order chi connectivity index (χ0) is 16.7. The van der Waals surface area contributed by atoms with Crippen LogP contribution in [0.2, 0.25) is 5.02 Å². The Bertz CT molecular complexity index is 793. The highest BCUT2D eigenvalue weighted by Crippen LogP contribution is 2.48. The summed E-state index contributed by atoms with van der Waals surface area (Å²) in [5.74, 6) is 1.64. The van der Waals surface area contributed by atoms with E-state index in [2.05, 4.69) is 16.3 Å². The Hall–Kier alpha value is -2.20. The molecule has 0 saturated carbocycles. The fourth-order valence-electron chi connectivity index (χ4n) is 3.80. The lowest BCUT2D eigenvalue weighted by Gasteiger charge is -2.42. The van der Waals surface area contributed by atoms with Crippen molar-refractivity contribution in [2.75, 3.05) is 11.4 Å². The maximum atomic E-state index is 11.7. The minimum Gasteiger partial charge on any atom is -0.455 e. The van der Waals surface area contributed by atoms with Gasteiger partial charge in [0, 0.05) is 24.1 Å². The van der Waals surface area contributed by atoms with Gasteiger partial charge in [-0.1, -0.05) is 29.8 Å². The smallest absolute Gasteiger partial charge is 0.217 e. The Kier molecular flexibility index (Phi) is 3.85. The predicted octanol–water partition coefficient (Wildman–Crippen LogP) is 4.29. The Morgan fingerprint density at radius 2 is 2.08 bits per heavy atom. The monoisotopic (exact) mass is 342 g/mol. The van der Waals surface area contributed by atoms with Crippen LogP contribution in [0.1, 0.15) is 31.4 Å². The van der Waals surface area contributed by atoms with Crippen molar-refractivity contribution in [3.8, 4) is 11.5 Å². The van der Waals surface area contributed by atoms with Crippen LogP contribution in [0.4, 0.5) is 5.69 Å². The molecular formula is C19H19ClN2O2. The number of amides is 1. The second kappa shape index (κ2) is 6.02. The number of halogens is 1. The first-order valence-electron chi connectivity index (χ1n) is 8.23. The van der Waals surface area contributed by atoms with Crippen LogP contribution in [0.25, 0.3) is 0 Å². The first-order valence-corrected chi connectivity index (χ1v) is 8.61. The number of rotatable bonds is 1. The van der Waals surface area contributed by atoms with E-state index in [0.29, 0.717) is 5.02 Å². The molecule has 0 bridgehead atoms. The van der Waals surface area contributed by atoms with Gasteiger partial charge < -0.3 is 15.0 Å². The molecule has 2 aliphatic rings. The molecule has 0 aliphatic carbocycles. The Morgan fingerprint density at radius 1 is 1.25 bits per heavy atom. The van der Waals surface area contributed by atoms with Crippen molar-refractivity contribution in [1.82, 2.24) is 5.32 Å². The molecule has 0 aromatic heterocycles. The lowest BCUT2D eigenvalue weighted by atomic mass is 9.89. The first kappa shape index (κ1) is 15.3. The number of nitrogens with zero attached hydrogens (tertiary/aromatic N) is 1. The van der Waals surface area contributed by atoms with E-state index in [-0.39, 0.29) is 18.0 Å². The molecule has 1 N–H and O–H groups in total. The molecule has 124 valence electrons. The van der Waals surface area contributed by atoms with E-state index in [1.165, 1.54) is 0 Å². The molecule has 0 unspecified atom stereocenters. The highest BCUT2D eigenvalue weighted by molar-refractivity contribution is 6.31. The van der Waals surface area contributed by atoms with E-state index in [9.17, 15) is 4.79 Å². The van der Waals surface area contributed by atoms with E-state index < -0.39 is 0 Å². The highest BCUT2D eigenvalue weighted by atomic mass is 35.5. The molecule has 2 aromatic carbocycles. The third-order valence-corrected chi connectivity index (χ3v) is 4.94. The maximum absolute atomic E-state index is 11.7. The molecule has 2 atom stereocenters. The van der Waals surface area contributed by atoms with Crippen molar-refractivity contribution in [1.29, 1.82) is 0 Å². The van der Waals surface area contributed by atoms with Gasteiger partial charge in [-0.25, -0.2) is 0 Å². The summed E-state index contributed by atoms with van der Waals surface area (Å²) in [6, 6.07) is 13.9. The van der Waals surface area contributed by atoms with E-state index in [0.717, 1.165) is 42.1 Å². The van der Waals surface area contributed by atoms with Crippen LogP contribution in [0.5, 0.6) is 11.5 Å². The van der Waals surface area contributed by atoms with Gasteiger partial charge in [0.1, 0.15) is 5.75 Å². The van der Waals surface area contributed by atoms with Crippen molar-refractivity contribution in [3.05, 3.63) is 53.1 Å². The Morgan fingerprint density at radius 3 is 2.92 bits per heavy atom. The largest absolute Gasteiger partial charge is 0.455 e. The van der Waals surface area contributed by atoms with E-state index in [4.69, 9.17) is 16.3 Å². The van der Waals surface area contributed by atoms with Crippen LogP contribution >= 0.6 is 11.6 Å². The van der Waals surface area contributed by atoms with Crippen LogP contribution in [-0.4, -0.2) is 18.5 Å². The molecule has 1 saturated heterocycles. The molecule has 4 nitrogen and oxygen atoms in total. The number of piperidine rings is 1. The van der Waals surface area contributed by atoms with Gasteiger partial charge in [0.15, 0.2) is 5.75 Å². The number of nitrogens with one attached hydrogen (secondary N) is 1. The minimum atomic E-state index is -0.00388. The van der Waals surface area contributed by atoms with Gasteiger partial charge in [-0.2, -0.15) is 0 Å². The zero-order valence-corrected chi connectivity index (χ0v) is 14.2. The van der Waals surface area contributed by atoms with Gasteiger partial charge >= 0.3 is 0 Å². The third kappa shape index (κ3) is 2.61. The van der Waals surface area contributed by atoms with E-state index >= 15 is 0 Å². The molecule has 2 heterocycles. The number of hydrogen-bond donors (Lipinski definition) is 1. The summed E-state index contributed by atoms with van der Waals surface area (Å²) in [5.41, 5.74) is 2.09. The number of fused-ring (bicyclic) bond motifs is 5. The quantitative estimate of drug-likeness (QED) is 0.840. The second-order valence-corrected chi connectivity index (χ2v) is 6.78. The summed E-state index contributed by atoms with van der Waals surface area (Å²) in [6.45, 7) is 2.48. The van der Waals surface area contributed by atoms with Crippen LogP contribution in [-0.2, 0) is 4.79 Å². The van der Waals surface area contributed by atoms with Crippen molar-refractivity contribution in [3.63, 3.8) is 0 Å². The molecule has 2 aliphatic heterocycles. The molecular weight excluding hydrogens is 324 g/mol. The summed E-state index contributed by atoms with van der Waals surface area (Å²) in [5, 5.41) is 3.81. The number of anilines is 1. The van der Waals surface area contributed by atoms with Crippen LogP contribution in [0, 0.1) is 0 Å². The number of para-hydroxylation sites is 1. The Balaban J connectivity index is 1.88. The second-order valence-electron chi connectivity index (χ2n) is 6.34. The summed E-state index contributed by atoms with van der Waals surface area (Å²) in [4.78, 5) is 14.0. The molecule has 0 spiro atoms. The highest BCUT2D eigenvalue weighted by Gasteiger charge is 2.38. The minimum absolute atomic E-state index is 0.00388. The van der Waals surface area contributed by atoms with Gasteiger partial charge in [0.2, 0.25) is 5.91 Å². The van der Waals surface area contributed by atoms with Gasteiger partial charge in [-0.15, -0.1) is 0 Å². The third-order valence-electron chi connectivity index (χ3n) is 4.71. The van der Waals surface area contributed by atoms with E-state index in [1.54, 1.807) is 6.92 Å². The average Bonchev–Trinajstić information content (AvgIpc) is 2.70. The molecule has 5 heteroatoms. The molecule has 1 fully saturated rings. The standard InChI is InChI=1S/C19H19ClN2O2/c1-12(23)21-15-6-4-10-22-16-11-13(20)8-9-18(16)24-17-7-3-2-5-14(17)19(15)22/h2-3,5,7-9,11,15,19H,4,6,10H2,1H3,(H,21,23)/t15-,19+/m1/s1. The number of carbonyl (C=O) groups is 1. The number of hydrogen-bond acceptors (Lipinski definition) is 3. The van der Waals surface area contributed by atoms with Crippen molar-refractivity contribution < 1.29 is 9.53 Å². The van der Waals surface area contributed by atoms with Crippen molar-refractivity contribution >= 4 is 23.2 Å².